The van der Waals surface area contributed by atoms with Crippen molar-refractivity contribution in [2.24, 2.45) is 11.8 Å². The van der Waals surface area contributed by atoms with Crippen molar-refractivity contribution >= 4 is 11.3 Å². The Morgan fingerprint density at radius 3 is 2.95 bits per heavy atom. The largest absolute Gasteiger partial charge is 0.375 e. The van der Waals surface area contributed by atoms with Crippen LogP contribution in [0.1, 0.15) is 55.6 Å². The first-order chi connectivity index (χ1) is 10.2. The van der Waals surface area contributed by atoms with Crippen LogP contribution < -0.4 is 11.3 Å². The number of nitrogens with zero attached hydrogens (tertiary/aromatic N) is 1. The molecule has 2 fully saturated rings. The van der Waals surface area contributed by atoms with Crippen molar-refractivity contribution in [1.29, 1.82) is 0 Å². The summed E-state index contributed by atoms with van der Waals surface area (Å²) in [5, 5.41) is 3.31. The van der Waals surface area contributed by atoms with Gasteiger partial charge < -0.3 is 4.74 Å². The molecule has 1 saturated carbocycles. The molecule has 1 aromatic rings. The first-order valence-corrected chi connectivity index (χ1v) is 9.10. The van der Waals surface area contributed by atoms with Gasteiger partial charge in [0, 0.05) is 30.1 Å². The van der Waals surface area contributed by atoms with Crippen molar-refractivity contribution in [3.63, 3.8) is 0 Å². The highest BCUT2D eigenvalue weighted by Crippen LogP contribution is 2.41. The van der Waals surface area contributed by atoms with Gasteiger partial charge in [-0.3, -0.25) is 11.3 Å². The SMILES string of the molecule is Cc1csc(CC(NN)C2CCOC3(CCCCC3)C2)n1. The van der Waals surface area contributed by atoms with Gasteiger partial charge in [-0.2, -0.15) is 0 Å². The minimum atomic E-state index is 0.148. The maximum Gasteiger partial charge on any atom is 0.0944 e. The van der Waals surface area contributed by atoms with Gasteiger partial charge in [0.1, 0.15) is 0 Å². The highest BCUT2D eigenvalue weighted by molar-refractivity contribution is 7.09. The molecule has 3 rings (SSSR count). The molecule has 0 aromatic carbocycles. The fourth-order valence-corrected chi connectivity index (χ4v) is 4.83. The molecule has 2 atom stereocenters. The van der Waals surface area contributed by atoms with Crippen LogP contribution >= 0.6 is 11.3 Å². The van der Waals surface area contributed by atoms with Gasteiger partial charge in [-0.15, -0.1) is 11.3 Å². The lowest BCUT2D eigenvalue weighted by atomic mass is 9.74. The van der Waals surface area contributed by atoms with E-state index >= 15 is 0 Å². The molecule has 1 aliphatic carbocycles. The van der Waals surface area contributed by atoms with Gasteiger partial charge in [0.15, 0.2) is 0 Å². The Hall–Kier alpha value is -0.490. The second kappa shape index (κ2) is 6.73. The Bertz CT molecular complexity index is 451. The number of hydrazine groups is 1. The summed E-state index contributed by atoms with van der Waals surface area (Å²) in [7, 11) is 0. The third kappa shape index (κ3) is 3.65. The zero-order valence-electron chi connectivity index (χ0n) is 12.9. The molecule has 3 N–H and O–H groups in total. The Morgan fingerprint density at radius 2 is 2.29 bits per heavy atom. The number of rotatable bonds is 4. The predicted molar refractivity (Wildman–Crippen MR) is 86.2 cm³/mol. The number of hydrogen-bond acceptors (Lipinski definition) is 5. The molecule has 2 heterocycles. The second-order valence-electron chi connectivity index (χ2n) is 6.70. The fraction of sp³-hybridized carbons (Fsp3) is 0.812. The van der Waals surface area contributed by atoms with Crippen LogP contribution in [0.3, 0.4) is 0 Å². The number of aromatic nitrogens is 1. The Balaban J connectivity index is 1.65. The number of nitrogens with one attached hydrogen (secondary N) is 1. The Morgan fingerprint density at radius 1 is 1.48 bits per heavy atom. The first kappa shape index (κ1) is 15.4. The van der Waals surface area contributed by atoms with Gasteiger partial charge >= 0.3 is 0 Å². The Labute approximate surface area is 131 Å². The summed E-state index contributed by atoms with van der Waals surface area (Å²) in [5.41, 5.74) is 4.32. The summed E-state index contributed by atoms with van der Waals surface area (Å²) in [5.74, 6) is 6.47. The zero-order chi connectivity index (χ0) is 14.7. The van der Waals surface area contributed by atoms with Gasteiger partial charge in [-0.05, 0) is 38.5 Å². The molecule has 4 nitrogen and oxygen atoms in total. The topological polar surface area (TPSA) is 60.2 Å². The predicted octanol–water partition coefficient (Wildman–Crippen LogP) is 2.96. The van der Waals surface area contributed by atoms with Gasteiger partial charge in [0.05, 0.1) is 10.6 Å². The van der Waals surface area contributed by atoms with E-state index in [-0.39, 0.29) is 5.60 Å². The molecule has 1 aromatic heterocycles. The molecular weight excluding hydrogens is 282 g/mol. The average molecular weight is 309 g/mol. The van der Waals surface area contributed by atoms with Crippen molar-refractivity contribution in [3.8, 4) is 0 Å². The highest BCUT2D eigenvalue weighted by Gasteiger charge is 2.40. The van der Waals surface area contributed by atoms with Gasteiger partial charge in [-0.25, -0.2) is 4.98 Å². The molecule has 1 aliphatic heterocycles. The molecular formula is C16H27N3OS. The quantitative estimate of drug-likeness (QED) is 0.663. The number of hydrogen-bond donors (Lipinski definition) is 2. The first-order valence-electron chi connectivity index (χ1n) is 8.22. The molecule has 0 amide bonds. The summed E-state index contributed by atoms with van der Waals surface area (Å²) in [4.78, 5) is 4.59. The summed E-state index contributed by atoms with van der Waals surface area (Å²) in [6, 6.07) is 0.318. The lowest BCUT2D eigenvalue weighted by molar-refractivity contribution is -0.121. The monoisotopic (exact) mass is 309 g/mol. The van der Waals surface area contributed by atoms with Crippen LogP contribution in [0, 0.1) is 12.8 Å². The van der Waals surface area contributed by atoms with Crippen LogP contribution in [0.4, 0.5) is 0 Å². The van der Waals surface area contributed by atoms with Crippen LogP contribution in [-0.4, -0.2) is 23.2 Å². The molecule has 2 unspecified atom stereocenters. The van der Waals surface area contributed by atoms with E-state index in [1.54, 1.807) is 11.3 Å². The van der Waals surface area contributed by atoms with Crippen molar-refractivity contribution in [2.75, 3.05) is 6.61 Å². The Kier molecular flexibility index (Phi) is 4.94. The smallest absolute Gasteiger partial charge is 0.0944 e. The van der Waals surface area contributed by atoms with E-state index in [9.17, 15) is 0 Å². The summed E-state index contributed by atoms with van der Waals surface area (Å²) in [6.45, 7) is 2.94. The maximum atomic E-state index is 6.20. The molecule has 0 radical (unpaired) electrons. The number of thiazole rings is 1. The lowest BCUT2D eigenvalue weighted by Gasteiger charge is -2.45. The van der Waals surface area contributed by atoms with Gasteiger partial charge in [0.25, 0.3) is 0 Å². The van der Waals surface area contributed by atoms with Crippen molar-refractivity contribution < 1.29 is 4.74 Å². The standard InChI is InChI=1S/C16H27N3OS/c1-12-11-21-15(18-12)9-14(19-17)13-5-8-20-16(10-13)6-3-2-4-7-16/h11,13-14,19H,2-10,17H2,1H3. The van der Waals surface area contributed by atoms with Crippen LogP contribution in [0.25, 0.3) is 0 Å². The summed E-state index contributed by atoms with van der Waals surface area (Å²) in [6.07, 6.45) is 9.68. The third-order valence-electron chi connectivity index (χ3n) is 5.14. The van der Waals surface area contributed by atoms with E-state index in [4.69, 9.17) is 10.6 Å². The van der Waals surface area contributed by atoms with Crippen LogP contribution in [-0.2, 0) is 11.2 Å². The summed E-state index contributed by atoms with van der Waals surface area (Å²) >= 11 is 1.75. The maximum absolute atomic E-state index is 6.20. The van der Waals surface area contributed by atoms with E-state index in [1.165, 1.54) is 37.1 Å². The minimum absolute atomic E-state index is 0.148. The van der Waals surface area contributed by atoms with Crippen molar-refractivity contribution in [2.45, 2.75) is 69.9 Å². The highest BCUT2D eigenvalue weighted by atomic mass is 32.1. The van der Waals surface area contributed by atoms with Gasteiger partial charge in [0.2, 0.25) is 0 Å². The van der Waals surface area contributed by atoms with E-state index < -0.39 is 0 Å². The van der Waals surface area contributed by atoms with Crippen LogP contribution in [0.15, 0.2) is 5.38 Å². The summed E-state index contributed by atoms with van der Waals surface area (Å²) < 4.78 is 6.20. The second-order valence-corrected chi connectivity index (χ2v) is 7.65. The van der Waals surface area contributed by atoms with Gasteiger partial charge in [-0.1, -0.05) is 19.3 Å². The minimum Gasteiger partial charge on any atom is -0.375 e. The fourth-order valence-electron chi connectivity index (χ4n) is 4.00. The van der Waals surface area contributed by atoms with E-state index in [2.05, 4.69) is 22.7 Å². The van der Waals surface area contributed by atoms with E-state index in [1.807, 2.05) is 0 Å². The molecule has 2 aliphatic rings. The molecule has 21 heavy (non-hydrogen) atoms. The van der Waals surface area contributed by atoms with E-state index in [0.717, 1.165) is 31.6 Å². The average Bonchev–Trinajstić information content (AvgIpc) is 2.91. The van der Waals surface area contributed by atoms with E-state index in [0.29, 0.717) is 12.0 Å². The van der Waals surface area contributed by atoms with Crippen LogP contribution in [0.2, 0.25) is 0 Å². The number of ether oxygens (including phenoxy) is 1. The molecule has 5 heteroatoms. The van der Waals surface area contributed by atoms with Crippen molar-refractivity contribution in [3.05, 3.63) is 16.1 Å². The normalized spacial score (nSPS) is 26.9. The van der Waals surface area contributed by atoms with Crippen LogP contribution in [0.5, 0.6) is 0 Å². The molecule has 118 valence electrons. The number of aryl methyl sites for hydroxylation is 1. The number of nitrogens with two attached hydrogens (primary N) is 1. The third-order valence-corrected chi connectivity index (χ3v) is 6.13. The zero-order valence-corrected chi connectivity index (χ0v) is 13.8. The lowest BCUT2D eigenvalue weighted by Crippen LogP contribution is -2.50. The molecule has 1 saturated heterocycles. The molecule has 0 bridgehead atoms. The van der Waals surface area contributed by atoms with Crippen molar-refractivity contribution in [1.82, 2.24) is 10.4 Å². The molecule has 1 spiro atoms.